The monoisotopic (exact) mass is 245 g/mol. The molecular formula is C11H10F3NO2. The van der Waals surface area contributed by atoms with Gasteiger partial charge in [-0.15, -0.1) is 0 Å². The van der Waals surface area contributed by atoms with Gasteiger partial charge in [0.15, 0.2) is 0 Å². The smallest absolute Gasteiger partial charge is 0.416 e. The van der Waals surface area contributed by atoms with Crippen LogP contribution in [0.4, 0.5) is 18.0 Å². The van der Waals surface area contributed by atoms with Gasteiger partial charge in [0.1, 0.15) is 6.61 Å². The molecule has 1 amide bonds. The SMILES string of the molecule is C=C(c1cccc(COC(N)=O)c1)C(F)(F)F. The Morgan fingerprint density at radius 1 is 1.41 bits per heavy atom. The molecule has 0 atom stereocenters. The van der Waals surface area contributed by atoms with E-state index in [2.05, 4.69) is 11.3 Å². The largest absolute Gasteiger partial charge is 0.445 e. The van der Waals surface area contributed by atoms with Crippen LogP contribution in [0.1, 0.15) is 11.1 Å². The molecule has 1 aromatic carbocycles. The lowest BCUT2D eigenvalue weighted by atomic mass is 10.0. The molecule has 6 heteroatoms. The molecule has 0 heterocycles. The second-order valence-electron chi connectivity index (χ2n) is 3.28. The summed E-state index contributed by atoms with van der Waals surface area (Å²) in [5.74, 6) is 0. The molecule has 0 aliphatic heterocycles. The molecule has 0 unspecified atom stereocenters. The van der Waals surface area contributed by atoms with E-state index in [1.807, 2.05) is 0 Å². The average Bonchev–Trinajstić information content (AvgIpc) is 2.24. The zero-order valence-electron chi connectivity index (χ0n) is 8.75. The van der Waals surface area contributed by atoms with Gasteiger partial charge >= 0.3 is 12.3 Å². The fourth-order valence-electron chi connectivity index (χ4n) is 1.17. The molecule has 92 valence electrons. The molecule has 0 aliphatic rings. The molecule has 0 radical (unpaired) electrons. The Kier molecular flexibility index (Phi) is 3.77. The highest BCUT2D eigenvalue weighted by atomic mass is 19.4. The first kappa shape index (κ1) is 13.1. The molecule has 3 nitrogen and oxygen atoms in total. The van der Waals surface area contributed by atoms with Crippen LogP contribution < -0.4 is 5.73 Å². The van der Waals surface area contributed by atoms with Crippen molar-refractivity contribution in [2.45, 2.75) is 12.8 Å². The topological polar surface area (TPSA) is 52.3 Å². The van der Waals surface area contributed by atoms with E-state index in [-0.39, 0.29) is 12.2 Å². The molecule has 0 bridgehead atoms. The second-order valence-corrected chi connectivity index (χ2v) is 3.28. The summed E-state index contributed by atoms with van der Waals surface area (Å²) in [6, 6.07) is 5.48. The van der Waals surface area contributed by atoms with Crippen molar-refractivity contribution in [3.63, 3.8) is 0 Å². The summed E-state index contributed by atoms with van der Waals surface area (Å²) in [4.78, 5) is 10.4. The molecule has 0 fully saturated rings. The van der Waals surface area contributed by atoms with Gasteiger partial charge in [-0.1, -0.05) is 24.8 Å². The van der Waals surface area contributed by atoms with Gasteiger partial charge in [0.25, 0.3) is 0 Å². The number of rotatable bonds is 3. The van der Waals surface area contributed by atoms with Crippen molar-refractivity contribution in [2.75, 3.05) is 0 Å². The van der Waals surface area contributed by atoms with Crippen molar-refractivity contribution in [1.29, 1.82) is 0 Å². The van der Waals surface area contributed by atoms with E-state index in [9.17, 15) is 18.0 Å². The lowest BCUT2D eigenvalue weighted by Crippen LogP contribution is -2.13. The van der Waals surface area contributed by atoms with Gasteiger partial charge in [0.2, 0.25) is 0 Å². The van der Waals surface area contributed by atoms with Gasteiger partial charge < -0.3 is 10.5 Å². The standard InChI is InChI=1S/C11H10F3NO2/c1-7(11(12,13)14)9-4-2-3-8(5-9)6-17-10(15)16/h2-5H,1,6H2,(H2,15,16). The van der Waals surface area contributed by atoms with Gasteiger partial charge in [0.05, 0.1) is 5.57 Å². The van der Waals surface area contributed by atoms with Gasteiger partial charge in [-0.2, -0.15) is 13.2 Å². The Morgan fingerprint density at radius 3 is 2.59 bits per heavy atom. The van der Waals surface area contributed by atoms with Crippen molar-refractivity contribution in [2.24, 2.45) is 5.73 Å². The van der Waals surface area contributed by atoms with E-state index in [1.54, 1.807) is 0 Å². The maximum Gasteiger partial charge on any atom is 0.416 e. The Morgan fingerprint density at radius 2 is 2.06 bits per heavy atom. The molecule has 0 spiro atoms. The van der Waals surface area contributed by atoms with Gasteiger partial charge in [0, 0.05) is 0 Å². The highest BCUT2D eigenvalue weighted by Gasteiger charge is 2.32. The number of hydrogen-bond acceptors (Lipinski definition) is 2. The number of halogens is 3. The average molecular weight is 245 g/mol. The third-order valence-corrected chi connectivity index (χ3v) is 2.00. The van der Waals surface area contributed by atoms with Gasteiger partial charge in [-0.3, -0.25) is 0 Å². The van der Waals surface area contributed by atoms with Crippen LogP contribution in [0.2, 0.25) is 0 Å². The normalized spacial score (nSPS) is 11.0. The number of amides is 1. The predicted molar refractivity (Wildman–Crippen MR) is 55.9 cm³/mol. The van der Waals surface area contributed by atoms with E-state index in [0.717, 1.165) is 0 Å². The Hall–Kier alpha value is -1.98. The maximum absolute atomic E-state index is 12.4. The molecule has 1 rings (SSSR count). The number of allylic oxidation sites excluding steroid dienone is 1. The van der Waals surface area contributed by atoms with Gasteiger partial charge in [-0.25, -0.2) is 4.79 Å². The minimum atomic E-state index is -4.48. The summed E-state index contributed by atoms with van der Waals surface area (Å²) in [5.41, 5.74) is 4.15. The lowest BCUT2D eigenvalue weighted by Gasteiger charge is -2.11. The first-order valence-corrected chi connectivity index (χ1v) is 4.58. The fourth-order valence-corrected chi connectivity index (χ4v) is 1.17. The molecule has 0 saturated carbocycles. The van der Waals surface area contributed by atoms with Crippen LogP contribution in [0.15, 0.2) is 30.8 Å². The van der Waals surface area contributed by atoms with Crippen molar-refractivity contribution in [3.8, 4) is 0 Å². The minimum absolute atomic E-state index is 0.0666. The molecule has 0 aliphatic carbocycles. The molecule has 0 aromatic heterocycles. The van der Waals surface area contributed by atoms with E-state index in [1.165, 1.54) is 24.3 Å². The summed E-state index contributed by atoms with van der Waals surface area (Å²) >= 11 is 0. The van der Waals surface area contributed by atoms with Crippen molar-refractivity contribution in [1.82, 2.24) is 0 Å². The summed E-state index contributed by atoms with van der Waals surface area (Å²) in [6.45, 7) is 2.80. The molecular weight excluding hydrogens is 235 g/mol. The molecule has 0 saturated heterocycles. The van der Waals surface area contributed by atoms with Crippen LogP contribution in [0.3, 0.4) is 0 Å². The molecule has 17 heavy (non-hydrogen) atoms. The molecule has 1 aromatic rings. The lowest BCUT2D eigenvalue weighted by molar-refractivity contribution is -0.0686. The number of alkyl halides is 3. The summed E-state index contributed by atoms with van der Waals surface area (Å²) < 4.78 is 41.6. The van der Waals surface area contributed by atoms with E-state index >= 15 is 0 Å². The van der Waals surface area contributed by atoms with E-state index in [4.69, 9.17) is 5.73 Å². The van der Waals surface area contributed by atoms with Crippen molar-refractivity contribution in [3.05, 3.63) is 42.0 Å². The Balaban J connectivity index is 2.86. The van der Waals surface area contributed by atoms with E-state index < -0.39 is 17.8 Å². The number of benzene rings is 1. The number of hydrogen-bond donors (Lipinski definition) is 1. The van der Waals surface area contributed by atoms with Crippen LogP contribution in [0.25, 0.3) is 5.57 Å². The number of ether oxygens (including phenoxy) is 1. The Labute approximate surface area is 95.7 Å². The second kappa shape index (κ2) is 4.90. The quantitative estimate of drug-likeness (QED) is 0.890. The van der Waals surface area contributed by atoms with Crippen molar-refractivity contribution >= 4 is 11.7 Å². The zero-order chi connectivity index (χ0) is 13.1. The molecule has 2 N–H and O–H groups in total. The summed E-state index contributed by atoms with van der Waals surface area (Å²) in [6.07, 6.45) is -5.46. The van der Waals surface area contributed by atoms with Gasteiger partial charge in [-0.05, 0) is 17.2 Å². The highest BCUT2D eigenvalue weighted by molar-refractivity contribution is 5.68. The first-order chi connectivity index (χ1) is 7.80. The van der Waals surface area contributed by atoms with Crippen LogP contribution in [0, 0.1) is 0 Å². The van der Waals surface area contributed by atoms with Crippen LogP contribution in [-0.2, 0) is 11.3 Å². The number of nitrogens with two attached hydrogens (primary N) is 1. The first-order valence-electron chi connectivity index (χ1n) is 4.58. The van der Waals surface area contributed by atoms with Crippen LogP contribution >= 0.6 is 0 Å². The predicted octanol–water partition coefficient (Wildman–Crippen LogP) is 2.86. The number of primary amides is 1. The number of carbonyl (C=O) groups excluding carboxylic acids is 1. The maximum atomic E-state index is 12.4. The number of carbonyl (C=O) groups is 1. The zero-order valence-corrected chi connectivity index (χ0v) is 8.75. The Bertz CT molecular complexity index is 441. The fraction of sp³-hybridized carbons (Fsp3) is 0.182. The minimum Gasteiger partial charge on any atom is -0.445 e. The van der Waals surface area contributed by atoms with Crippen LogP contribution in [0.5, 0.6) is 0 Å². The third-order valence-electron chi connectivity index (χ3n) is 2.00. The third kappa shape index (κ3) is 3.82. The highest BCUT2D eigenvalue weighted by Crippen LogP contribution is 2.32. The van der Waals surface area contributed by atoms with Crippen molar-refractivity contribution < 1.29 is 22.7 Å². The summed E-state index contributed by atoms with van der Waals surface area (Å²) in [7, 11) is 0. The van der Waals surface area contributed by atoms with Crippen LogP contribution in [-0.4, -0.2) is 12.3 Å². The summed E-state index contributed by atoms with van der Waals surface area (Å²) in [5, 5.41) is 0. The van der Waals surface area contributed by atoms with E-state index in [0.29, 0.717) is 5.56 Å².